The third kappa shape index (κ3) is 2.24. The summed E-state index contributed by atoms with van der Waals surface area (Å²) in [5.74, 6) is 0. The minimum absolute atomic E-state index is 0.553. The summed E-state index contributed by atoms with van der Waals surface area (Å²) in [4.78, 5) is 2.35. The van der Waals surface area contributed by atoms with E-state index in [1.807, 2.05) is 0 Å². The molecule has 2 atom stereocenters. The quantitative estimate of drug-likeness (QED) is 0.873. The molecule has 18 heavy (non-hydrogen) atoms. The third-order valence-electron chi connectivity index (χ3n) is 3.84. The Hall–Kier alpha value is -1.07. The van der Waals surface area contributed by atoms with E-state index in [4.69, 9.17) is 0 Å². The van der Waals surface area contributed by atoms with Gasteiger partial charge in [-0.15, -0.1) is 0 Å². The van der Waals surface area contributed by atoms with Crippen LogP contribution in [0.2, 0.25) is 0 Å². The topological polar surface area (TPSA) is 15.3 Å². The summed E-state index contributed by atoms with van der Waals surface area (Å²) in [5.41, 5.74) is 0.381. The molecule has 98 valence electrons. The van der Waals surface area contributed by atoms with Gasteiger partial charge in [0.1, 0.15) is 0 Å². The number of nitrogens with zero attached hydrogens (tertiary/aromatic N) is 1. The second-order valence-corrected chi connectivity index (χ2v) is 5.12. The van der Waals surface area contributed by atoms with Crippen LogP contribution in [0.15, 0.2) is 24.3 Å². The normalized spacial score (nSPS) is 27.9. The Morgan fingerprint density at radius 1 is 1.22 bits per heavy atom. The lowest BCUT2D eigenvalue weighted by Crippen LogP contribution is -2.42. The van der Waals surface area contributed by atoms with Crippen molar-refractivity contribution >= 4 is 0 Å². The van der Waals surface area contributed by atoms with Gasteiger partial charge in [0.25, 0.3) is 0 Å². The van der Waals surface area contributed by atoms with Gasteiger partial charge < -0.3 is 5.32 Å². The zero-order valence-electron chi connectivity index (χ0n) is 9.87. The second-order valence-electron chi connectivity index (χ2n) is 5.12. The average molecular weight is 256 g/mol. The SMILES string of the molecule is FC(F)(F)c1ccc(CN2C[C@@H]3C[C@@H]2CN3)cc1. The maximum atomic E-state index is 12.4. The Morgan fingerprint density at radius 3 is 2.44 bits per heavy atom. The molecular weight excluding hydrogens is 241 g/mol. The Labute approximate surface area is 104 Å². The summed E-state index contributed by atoms with van der Waals surface area (Å²) in [6.45, 7) is 2.76. The monoisotopic (exact) mass is 256 g/mol. The number of likely N-dealkylation sites (tertiary alicyclic amines) is 1. The molecule has 2 aliphatic rings. The van der Waals surface area contributed by atoms with Gasteiger partial charge >= 0.3 is 6.18 Å². The highest BCUT2D eigenvalue weighted by atomic mass is 19.4. The minimum Gasteiger partial charge on any atom is -0.311 e. The number of benzene rings is 1. The fourth-order valence-electron chi connectivity index (χ4n) is 2.87. The third-order valence-corrected chi connectivity index (χ3v) is 3.84. The van der Waals surface area contributed by atoms with Crippen LogP contribution in [0.3, 0.4) is 0 Å². The maximum Gasteiger partial charge on any atom is 0.416 e. The molecule has 1 aromatic carbocycles. The van der Waals surface area contributed by atoms with E-state index in [0.717, 1.165) is 25.2 Å². The first-order valence-electron chi connectivity index (χ1n) is 6.16. The molecule has 0 aliphatic carbocycles. The van der Waals surface area contributed by atoms with Gasteiger partial charge in [0.15, 0.2) is 0 Å². The molecule has 2 saturated heterocycles. The van der Waals surface area contributed by atoms with Crippen molar-refractivity contribution in [2.45, 2.75) is 31.2 Å². The number of piperazine rings is 1. The van der Waals surface area contributed by atoms with Crippen LogP contribution in [-0.2, 0) is 12.7 Å². The van der Waals surface area contributed by atoms with Crippen LogP contribution in [-0.4, -0.2) is 30.1 Å². The Morgan fingerprint density at radius 2 is 1.94 bits per heavy atom. The fraction of sp³-hybridized carbons (Fsp3) is 0.538. The molecule has 0 unspecified atom stereocenters. The summed E-state index contributed by atoms with van der Waals surface area (Å²) < 4.78 is 37.3. The van der Waals surface area contributed by atoms with Crippen molar-refractivity contribution in [3.05, 3.63) is 35.4 Å². The molecule has 0 aromatic heterocycles. The summed E-state index contributed by atoms with van der Waals surface area (Å²) >= 11 is 0. The molecule has 2 aliphatic heterocycles. The summed E-state index contributed by atoms with van der Waals surface area (Å²) in [5, 5.41) is 3.41. The molecule has 5 heteroatoms. The highest BCUT2D eigenvalue weighted by Gasteiger charge is 2.37. The standard InChI is InChI=1S/C13H15F3N2/c14-13(15,16)10-3-1-9(2-4-10)7-18-8-11-5-12(18)6-17-11/h1-4,11-12,17H,5-8H2/t11-,12+/m0/s1. The zero-order valence-corrected chi connectivity index (χ0v) is 9.87. The summed E-state index contributed by atoms with van der Waals surface area (Å²) in [6, 6.07) is 6.63. The molecule has 3 rings (SSSR count). The molecule has 1 N–H and O–H groups in total. The predicted molar refractivity (Wildman–Crippen MR) is 62.0 cm³/mol. The number of hydrogen-bond donors (Lipinski definition) is 1. The maximum absolute atomic E-state index is 12.4. The molecule has 2 nitrogen and oxygen atoms in total. The lowest BCUT2D eigenvalue weighted by molar-refractivity contribution is -0.137. The van der Waals surface area contributed by atoms with Gasteiger partial charge in [-0.3, -0.25) is 4.90 Å². The predicted octanol–water partition coefficient (Wildman–Crippen LogP) is 2.25. The fourth-order valence-corrected chi connectivity index (χ4v) is 2.87. The van der Waals surface area contributed by atoms with Crippen LogP contribution in [0.4, 0.5) is 13.2 Å². The first-order chi connectivity index (χ1) is 8.52. The van der Waals surface area contributed by atoms with E-state index >= 15 is 0 Å². The molecule has 0 amide bonds. The van der Waals surface area contributed by atoms with Gasteiger partial charge in [-0.05, 0) is 24.1 Å². The van der Waals surface area contributed by atoms with Crippen LogP contribution >= 0.6 is 0 Å². The minimum atomic E-state index is -4.24. The Bertz CT molecular complexity index is 427. The molecule has 0 radical (unpaired) electrons. The van der Waals surface area contributed by atoms with Crippen LogP contribution in [0.5, 0.6) is 0 Å². The van der Waals surface area contributed by atoms with Crippen LogP contribution in [0.25, 0.3) is 0 Å². The van der Waals surface area contributed by atoms with Crippen molar-refractivity contribution in [2.75, 3.05) is 13.1 Å². The molecule has 2 fully saturated rings. The van der Waals surface area contributed by atoms with Crippen LogP contribution in [0.1, 0.15) is 17.5 Å². The number of halogens is 3. The molecule has 1 aromatic rings. The van der Waals surface area contributed by atoms with Crippen LogP contribution in [0, 0.1) is 0 Å². The van der Waals surface area contributed by atoms with E-state index in [9.17, 15) is 13.2 Å². The summed E-state index contributed by atoms with van der Waals surface area (Å²) in [6.07, 6.45) is -3.07. The van der Waals surface area contributed by atoms with E-state index in [1.54, 1.807) is 12.1 Å². The van der Waals surface area contributed by atoms with E-state index < -0.39 is 11.7 Å². The van der Waals surface area contributed by atoms with Gasteiger partial charge in [0, 0.05) is 31.7 Å². The number of hydrogen-bond acceptors (Lipinski definition) is 2. The van der Waals surface area contributed by atoms with E-state index in [-0.39, 0.29) is 0 Å². The largest absolute Gasteiger partial charge is 0.416 e. The lowest BCUT2D eigenvalue weighted by atomic mass is 10.1. The van der Waals surface area contributed by atoms with Gasteiger partial charge in [0.2, 0.25) is 0 Å². The average Bonchev–Trinajstić information content (AvgIpc) is 2.90. The van der Waals surface area contributed by atoms with E-state index in [1.165, 1.54) is 18.6 Å². The van der Waals surface area contributed by atoms with Crippen molar-refractivity contribution < 1.29 is 13.2 Å². The Balaban J connectivity index is 1.67. The lowest BCUT2D eigenvalue weighted by Gasteiger charge is -2.27. The zero-order chi connectivity index (χ0) is 12.8. The Kier molecular flexibility index (Phi) is 2.83. The number of fused-ring (bicyclic) bond motifs is 2. The van der Waals surface area contributed by atoms with Gasteiger partial charge in [0.05, 0.1) is 5.56 Å². The second kappa shape index (κ2) is 4.24. The van der Waals surface area contributed by atoms with Gasteiger partial charge in [-0.1, -0.05) is 12.1 Å². The highest BCUT2D eigenvalue weighted by molar-refractivity contribution is 5.24. The smallest absolute Gasteiger partial charge is 0.311 e. The summed E-state index contributed by atoms with van der Waals surface area (Å²) in [7, 11) is 0. The molecule has 2 heterocycles. The number of nitrogens with one attached hydrogen (secondary N) is 1. The first kappa shape index (κ1) is 12.0. The molecule has 0 spiro atoms. The van der Waals surface area contributed by atoms with Crippen molar-refractivity contribution in [1.82, 2.24) is 10.2 Å². The number of alkyl halides is 3. The van der Waals surface area contributed by atoms with Crippen molar-refractivity contribution in [1.29, 1.82) is 0 Å². The number of rotatable bonds is 2. The van der Waals surface area contributed by atoms with Crippen molar-refractivity contribution in [2.24, 2.45) is 0 Å². The van der Waals surface area contributed by atoms with E-state index in [2.05, 4.69) is 10.2 Å². The molecule has 2 bridgehead atoms. The van der Waals surface area contributed by atoms with Crippen LogP contribution < -0.4 is 5.32 Å². The van der Waals surface area contributed by atoms with Crippen molar-refractivity contribution in [3.63, 3.8) is 0 Å². The first-order valence-corrected chi connectivity index (χ1v) is 6.16. The highest BCUT2D eigenvalue weighted by Crippen LogP contribution is 2.30. The molecular formula is C13H15F3N2. The molecule has 0 saturated carbocycles. The van der Waals surface area contributed by atoms with E-state index in [0.29, 0.717) is 12.1 Å². The van der Waals surface area contributed by atoms with Crippen molar-refractivity contribution in [3.8, 4) is 0 Å². The van der Waals surface area contributed by atoms with Gasteiger partial charge in [-0.2, -0.15) is 13.2 Å². The van der Waals surface area contributed by atoms with Gasteiger partial charge in [-0.25, -0.2) is 0 Å².